The number of benzene rings is 1. The Hall–Kier alpha value is -1.50. The molecule has 1 aromatic carbocycles. The maximum Gasteiger partial charge on any atom is 0.303 e. The predicted octanol–water partition coefficient (Wildman–Crippen LogP) is 6.84. The van der Waals surface area contributed by atoms with Crippen molar-refractivity contribution in [2.24, 2.45) is 5.41 Å². The summed E-state index contributed by atoms with van der Waals surface area (Å²) in [5.41, 5.74) is 1.87. The molecule has 1 saturated carbocycles. The first-order valence-electron chi connectivity index (χ1n) is 13.1. The number of hydrogen-bond donors (Lipinski definition) is 1. The van der Waals surface area contributed by atoms with E-state index < -0.39 is 5.97 Å². The van der Waals surface area contributed by atoms with Crippen LogP contribution in [0.4, 0.5) is 0 Å². The lowest BCUT2D eigenvalue weighted by atomic mass is 9.72. The second kappa shape index (κ2) is 12.6. The maximum atomic E-state index is 11.8. The number of halogens is 1. The summed E-state index contributed by atoms with van der Waals surface area (Å²) in [6.07, 6.45) is 13.4. The Balaban J connectivity index is 1.31. The van der Waals surface area contributed by atoms with E-state index in [1.165, 1.54) is 37.9 Å². The quantitative estimate of drug-likeness (QED) is 0.310. The van der Waals surface area contributed by atoms with Crippen LogP contribution in [0.15, 0.2) is 24.4 Å². The first-order chi connectivity index (χ1) is 17.0. The molecule has 0 radical (unpaired) electrons. The molecule has 0 spiro atoms. The van der Waals surface area contributed by atoms with Crippen LogP contribution in [-0.2, 0) is 11.2 Å². The van der Waals surface area contributed by atoms with Crippen LogP contribution in [0.1, 0.15) is 69.8 Å². The van der Waals surface area contributed by atoms with Gasteiger partial charge in [-0.1, -0.05) is 24.4 Å². The molecule has 192 valence electrons. The molecule has 0 bridgehead atoms. The Morgan fingerprint density at radius 2 is 2.03 bits per heavy atom. The normalized spacial score (nSPS) is 18.8. The number of pyridine rings is 1. The van der Waals surface area contributed by atoms with Crippen molar-refractivity contribution in [1.82, 2.24) is 9.88 Å². The molecular formula is C28H39ClN2O3S. The van der Waals surface area contributed by atoms with E-state index in [0.29, 0.717) is 5.02 Å². The zero-order chi connectivity index (χ0) is 24.7. The maximum absolute atomic E-state index is 11.8. The predicted molar refractivity (Wildman–Crippen MR) is 146 cm³/mol. The molecule has 1 N–H and O–H groups in total. The summed E-state index contributed by atoms with van der Waals surface area (Å²) in [5, 5.41) is 12.3. The van der Waals surface area contributed by atoms with E-state index in [1.807, 2.05) is 18.2 Å². The van der Waals surface area contributed by atoms with Gasteiger partial charge in [-0.3, -0.25) is 9.78 Å². The van der Waals surface area contributed by atoms with Crippen LogP contribution in [0, 0.1) is 5.41 Å². The molecule has 2 aromatic rings. The summed E-state index contributed by atoms with van der Waals surface area (Å²) in [6, 6.07) is 5.87. The van der Waals surface area contributed by atoms with Crippen LogP contribution in [-0.4, -0.2) is 58.7 Å². The Labute approximate surface area is 219 Å². The van der Waals surface area contributed by atoms with E-state index in [0.717, 1.165) is 79.2 Å². The van der Waals surface area contributed by atoms with Crippen LogP contribution in [0.25, 0.3) is 10.9 Å². The van der Waals surface area contributed by atoms with E-state index in [9.17, 15) is 9.90 Å². The van der Waals surface area contributed by atoms with Gasteiger partial charge in [0.1, 0.15) is 5.75 Å². The average molecular weight is 519 g/mol. The molecular weight excluding hydrogens is 480 g/mol. The monoisotopic (exact) mass is 518 g/mol. The second-order valence-electron chi connectivity index (χ2n) is 10.4. The number of nitrogens with zero attached hydrogens (tertiary/aromatic N) is 2. The molecule has 2 fully saturated rings. The van der Waals surface area contributed by atoms with Crippen LogP contribution >= 0.6 is 23.4 Å². The number of methoxy groups -OCH3 is 1. The fourth-order valence-electron chi connectivity index (χ4n) is 5.90. The van der Waals surface area contributed by atoms with E-state index in [1.54, 1.807) is 13.3 Å². The highest BCUT2D eigenvalue weighted by Gasteiger charge is 2.36. The molecule has 1 aliphatic heterocycles. The van der Waals surface area contributed by atoms with Crippen molar-refractivity contribution in [1.29, 1.82) is 0 Å². The van der Waals surface area contributed by atoms with Gasteiger partial charge in [0.15, 0.2) is 0 Å². The average Bonchev–Trinajstić information content (AvgIpc) is 3.37. The SMILES string of the molecule is COc1ccc2ncc(Cl)c(CCCC3(CC(=O)O)CCN(CCCSC4CCCC4)CC3)c2c1. The number of fused-ring (bicyclic) bond motifs is 1. The molecule has 35 heavy (non-hydrogen) atoms. The minimum atomic E-state index is -0.677. The zero-order valence-corrected chi connectivity index (χ0v) is 22.5. The van der Waals surface area contributed by atoms with Crippen LogP contribution in [0.2, 0.25) is 5.02 Å². The molecule has 1 aliphatic carbocycles. The molecule has 5 nitrogen and oxygen atoms in total. The van der Waals surface area contributed by atoms with E-state index in [2.05, 4.69) is 21.6 Å². The lowest BCUT2D eigenvalue weighted by Crippen LogP contribution is -2.41. The van der Waals surface area contributed by atoms with Crippen molar-refractivity contribution < 1.29 is 14.6 Å². The number of carbonyl (C=O) groups is 1. The Morgan fingerprint density at radius 1 is 1.26 bits per heavy atom. The number of hydrogen-bond acceptors (Lipinski definition) is 5. The van der Waals surface area contributed by atoms with Gasteiger partial charge >= 0.3 is 5.97 Å². The number of aryl methyl sites for hydroxylation is 1. The lowest BCUT2D eigenvalue weighted by Gasteiger charge is -2.41. The second-order valence-corrected chi connectivity index (χ2v) is 12.2. The lowest BCUT2D eigenvalue weighted by molar-refractivity contribution is -0.140. The third kappa shape index (κ3) is 7.27. The highest BCUT2D eigenvalue weighted by molar-refractivity contribution is 7.99. The van der Waals surface area contributed by atoms with Gasteiger partial charge < -0.3 is 14.7 Å². The summed E-state index contributed by atoms with van der Waals surface area (Å²) in [4.78, 5) is 18.8. The molecule has 0 atom stereocenters. The topological polar surface area (TPSA) is 62.7 Å². The van der Waals surface area contributed by atoms with Crippen molar-refractivity contribution in [3.63, 3.8) is 0 Å². The van der Waals surface area contributed by atoms with E-state index >= 15 is 0 Å². The summed E-state index contributed by atoms with van der Waals surface area (Å²) >= 11 is 8.72. The van der Waals surface area contributed by atoms with Gasteiger partial charge in [-0.25, -0.2) is 0 Å². The third-order valence-electron chi connectivity index (χ3n) is 7.99. The first kappa shape index (κ1) is 26.6. The Bertz CT molecular complexity index is 988. The van der Waals surface area contributed by atoms with E-state index in [-0.39, 0.29) is 11.8 Å². The molecule has 2 aliphatic rings. The van der Waals surface area contributed by atoms with Gasteiger partial charge in [-0.05, 0) is 106 Å². The Kier molecular flexibility index (Phi) is 9.60. The molecule has 7 heteroatoms. The highest BCUT2D eigenvalue weighted by Crippen LogP contribution is 2.41. The third-order valence-corrected chi connectivity index (χ3v) is 9.78. The van der Waals surface area contributed by atoms with Crippen LogP contribution in [0.3, 0.4) is 0 Å². The zero-order valence-electron chi connectivity index (χ0n) is 20.9. The number of ether oxygens (including phenoxy) is 1. The minimum Gasteiger partial charge on any atom is -0.497 e. The number of rotatable bonds is 12. The summed E-state index contributed by atoms with van der Waals surface area (Å²) in [5.74, 6) is 1.37. The van der Waals surface area contributed by atoms with Gasteiger partial charge in [0.25, 0.3) is 0 Å². The highest BCUT2D eigenvalue weighted by atomic mass is 35.5. The number of likely N-dealkylation sites (tertiary alicyclic amines) is 1. The van der Waals surface area contributed by atoms with E-state index in [4.69, 9.17) is 16.3 Å². The minimum absolute atomic E-state index is 0.117. The fourth-order valence-corrected chi connectivity index (χ4v) is 7.44. The van der Waals surface area contributed by atoms with Gasteiger partial charge in [-0.2, -0.15) is 11.8 Å². The molecule has 1 aromatic heterocycles. The van der Waals surface area contributed by atoms with Gasteiger partial charge in [0.2, 0.25) is 0 Å². The molecule has 1 saturated heterocycles. The Morgan fingerprint density at radius 3 is 2.74 bits per heavy atom. The number of carboxylic acids is 1. The standard InChI is InChI=1S/C28H39ClN2O3S/c1-34-21-9-10-26-24(18-21)23(25(29)20-30-26)8-4-11-28(19-27(32)33)12-15-31(16-13-28)14-5-17-35-22-6-2-3-7-22/h9-10,18,20,22H,2-8,11-17,19H2,1H3,(H,32,33). The smallest absolute Gasteiger partial charge is 0.303 e. The number of aliphatic carboxylic acids is 1. The molecule has 0 amide bonds. The number of thioether (sulfide) groups is 1. The number of piperidine rings is 1. The largest absolute Gasteiger partial charge is 0.497 e. The van der Waals surface area contributed by atoms with Crippen molar-refractivity contribution in [2.45, 2.75) is 75.9 Å². The summed E-state index contributed by atoms with van der Waals surface area (Å²) < 4.78 is 5.41. The van der Waals surface area contributed by atoms with Gasteiger partial charge in [0, 0.05) is 16.8 Å². The van der Waals surface area contributed by atoms with Crippen molar-refractivity contribution in [3.8, 4) is 5.75 Å². The summed E-state index contributed by atoms with van der Waals surface area (Å²) in [6.45, 7) is 3.17. The molecule has 0 unspecified atom stereocenters. The molecule has 4 rings (SSSR count). The fraction of sp³-hybridized carbons (Fsp3) is 0.643. The van der Waals surface area contributed by atoms with Crippen molar-refractivity contribution in [2.75, 3.05) is 32.5 Å². The van der Waals surface area contributed by atoms with Crippen LogP contribution < -0.4 is 4.74 Å². The van der Waals surface area contributed by atoms with Gasteiger partial charge in [0.05, 0.1) is 24.1 Å². The van der Waals surface area contributed by atoms with Crippen LogP contribution in [0.5, 0.6) is 5.75 Å². The number of carboxylic acid groups (broad SMARTS) is 1. The molecule has 2 heterocycles. The van der Waals surface area contributed by atoms with Gasteiger partial charge in [-0.15, -0.1) is 0 Å². The van der Waals surface area contributed by atoms with Crippen molar-refractivity contribution >= 4 is 40.2 Å². The number of aromatic nitrogens is 1. The first-order valence-corrected chi connectivity index (χ1v) is 14.6. The summed E-state index contributed by atoms with van der Waals surface area (Å²) in [7, 11) is 1.66. The van der Waals surface area contributed by atoms with Crippen molar-refractivity contribution in [3.05, 3.63) is 35.0 Å².